The molecule has 7 heteroatoms. The lowest BCUT2D eigenvalue weighted by atomic mass is 9.96. The Balaban J connectivity index is 1.39. The zero-order valence-corrected chi connectivity index (χ0v) is 17.7. The molecule has 0 bridgehead atoms. The van der Waals surface area contributed by atoms with Crippen molar-refractivity contribution in [1.82, 2.24) is 14.8 Å². The molecule has 6 nitrogen and oxygen atoms in total. The maximum atomic E-state index is 12.2. The summed E-state index contributed by atoms with van der Waals surface area (Å²) in [6.45, 7) is 3.71. The predicted molar refractivity (Wildman–Crippen MR) is 112 cm³/mol. The van der Waals surface area contributed by atoms with Crippen LogP contribution in [-0.2, 0) is 17.9 Å². The second kappa shape index (κ2) is 9.89. The molecule has 28 heavy (non-hydrogen) atoms. The van der Waals surface area contributed by atoms with Gasteiger partial charge in [-0.2, -0.15) is 0 Å². The van der Waals surface area contributed by atoms with Gasteiger partial charge in [0.15, 0.2) is 0 Å². The van der Waals surface area contributed by atoms with E-state index in [2.05, 4.69) is 38.3 Å². The van der Waals surface area contributed by atoms with Gasteiger partial charge in [-0.05, 0) is 71.5 Å². The van der Waals surface area contributed by atoms with Crippen LogP contribution in [0.1, 0.15) is 18.4 Å². The third-order valence-corrected chi connectivity index (χ3v) is 5.59. The molecule has 1 aliphatic rings. The number of pyridine rings is 1. The SMILES string of the molecule is COc1ccc(CN2CCC(CNC(=O)Cn3cc(Br)ccc3=O)CC2)cc1. The Labute approximate surface area is 173 Å². The minimum atomic E-state index is -0.176. The van der Waals surface area contributed by atoms with E-state index in [0.29, 0.717) is 12.5 Å². The molecule has 0 atom stereocenters. The maximum absolute atomic E-state index is 12.2. The van der Waals surface area contributed by atoms with E-state index in [0.717, 1.165) is 42.7 Å². The number of rotatable bonds is 7. The topological polar surface area (TPSA) is 63.6 Å². The first-order chi connectivity index (χ1) is 13.5. The number of nitrogens with zero attached hydrogens (tertiary/aromatic N) is 2. The van der Waals surface area contributed by atoms with Gasteiger partial charge in [-0.1, -0.05) is 12.1 Å². The molecule has 0 saturated carbocycles. The number of aromatic nitrogens is 1. The van der Waals surface area contributed by atoms with Crippen LogP contribution >= 0.6 is 15.9 Å². The monoisotopic (exact) mass is 447 g/mol. The highest BCUT2D eigenvalue weighted by atomic mass is 79.9. The second-order valence-electron chi connectivity index (χ2n) is 7.19. The number of benzene rings is 1. The fourth-order valence-corrected chi connectivity index (χ4v) is 3.81. The molecule has 1 aromatic heterocycles. The number of hydrogen-bond acceptors (Lipinski definition) is 4. The molecule has 1 amide bonds. The van der Waals surface area contributed by atoms with Gasteiger partial charge < -0.3 is 14.6 Å². The maximum Gasteiger partial charge on any atom is 0.251 e. The highest BCUT2D eigenvalue weighted by Gasteiger charge is 2.20. The van der Waals surface area contributed by atoms with Crippen LogP contribution in [0.5, 0.6) is 5.75 Å². The van der Waals surface area contributed by atoms with Gasteiger partial charge in [0, 0.05) is 29.8 Å². The van der Waals surface area contributed by atoms with Crippen LogP contribution in [0.25, 0.3) is 0 Å². The summed E-state index contributed by atoms with van der Waals surface area (Å²) < 4.78 is 7.40. The van der Waals surface area contributed by atoms with Crippen LogP contribution in [-0.4, -0.2) is 42.1 Å². The predicted octanol–water partition coefficient (Wildman–Crippen LogP) is 2.65. The minimum Gasteiger partial charge on any atom is -0.497 e. The first-order valence-electron chi connectivity index (χ1n) is 9.51. The smallest absolute Gasteiger partial charge is 0.251 e. The first kappa shape index (κ1) is 20.6. The third-order valence-electron chi connectivity index (χ3n) is 5.12. The number of methoxy groups -OCH3 is 1. The lowest BCUT2D eigenvalue weighted by Gasteiger charge is -2.32. The van der Waals surface area contributed by atoms with Crippen molar-refractivity contribution in [2.24, 2.45) is 5.92 Å². The van der Waals surface area contributed by atoms with E-state index in [1.54, 1.807) is 19.4 Å². The number of nitrogens with one attached hydrogen (secondary N) is 1. The van der Waals surface area contributed by atoms with Gasteiger partial charge in [-0.15, -0.1) is 0 Å². The van der Waals surface area contributed by atoms with Gasteiger partial charge >= 0.3 is 0 Å². The summed E-state index contributed by atoms with van der Waals surface area (Å²) in [5.41, 5.74) is 1.11. The fourth-order valence-electron chi connectivity index (χ4n) is 3.43. The first-order valence-corrected chi connectivity index (χ1v) is 10.3. The highest BCUT2D eigenvalue weighted by Crippen LogP contribution is 2.19. The van der Waals surface area contributed by atoms with E-state index in [-0.39, 0.29) is 18.0 Å². The molecule has 3 rings (SSSR count). The Morgan fingerprint density at radius 2 is 1.89 bits per heavy atom. The number of carbonyl (C=O) groups excluding carboxylic acids is 1. The highest BCUT2D eigenvalue weighted by molar-refractivity contribution is 9.10. The van der Waals surface area contributed by atoms with Crippen LogP contribution in [0.15, 0.2) is 51.9 Å². The number of piperidine rings is 1. The normalized spacial score (nSPS) is 15.4. The molecule has 1 aromatic carbocycles. The molecular weight excluding hydrogens is 422 g/mol. The zero-order valence-electron chi connectivity index (χ0n) is 16.1. The number of ether oxygens (including phenoxy) is 1. The van der Waals surface area contributed by atoms with E-state index in [9.17, 15) is 9.59 Å². The lowest BCUT2D eigenvalue weighted by molar-refractivity contribution is -0.122. The molecule has 1 N–H and O–H groups in total. The molecule has 150 valence electrons. The van der Waals surface area contributed by atoms with E-state index < -0.39 is 0 Å². The number of amides is 1. The Morgan fingerprint density at radius 1 is 1.18 bits per heavy atom. The summed E-state index contributed by atoms with van der Waals surface area (Å²) >= 11 is 3.32. The van der Waals surface area contributed by atoms with E-state index in [4.69, 9.17) is 4.74 Å². The van der Waals surface area contributed by atoms with Crippen molar-refractivity contribution in [3.63, 3.8) is 0 Å². The van der Waals surface area contributed by atoms with E-state index in [1.807, 2.05) is 12.1 Å². The molecule has 2 heterocycles. The van der Waals surface area contributed by atoms with Crippen LogP contribution in [0.3, 0.4) is 0 Å². The molecule has 2 aromatic rings. The molecule has 1 saturated heterocycles. The van der Waals surface area contributed by atoms with Gasteiger partial charge in [0.25, 0.3) is 5.56 Å². The Bertz CT molecular complexity index is 843. The number of hydrogen-bond donors (Lipinski definition) is 1. The van der Waals surface area contributed by atoms with E-state index >= 15 is 0 Å². The molecule has 0 radical (unpaired) electrons. The van der Waals surface area contributed by atoms with Gasteiger partial charge in [0.1, 0.15) is 12.3 Å². The van der Waals surface area contributed by atoms with Gasteiger partial charge in [0.2, 0.25) is 5.91 Å². The van der Waals surface area contributed by atoms with Crippen molar-refractivity contribution >= 4 is 21.8 Å². The number of carbonyl (C=O) groups is 1. The molecule has 1 fully saturated rings. The molecule has 0 unspecified atom stereocenters. The van der Waals surface area contributed by atoms with Crippen molar-refractivity contribution in [3.05, 3.63) is 63.0 Å². The second-order valence-corrected chi connectivity index (χ2v) is 8.10. The third kappa shape index (κ3) is 5.94. The molecule has 0 spiro atoms. The summed E-state index contributed by atoms with van der Waals surface area (Å²) in [5, 5.41) is 2.98. The quantitative estimate of drug-likeness (QED) is 0.708. The van der Waals surface area contributed by atoms with Crippen molar-refractivity contribution in [2.45, 2.75) is 25.9 Å². The van der Waals surface area contributed by atoms with Crippen molar-refractivity contribution in [2.75, 3.05) is 26.7 Å². The summed E-state index contributed by atoms with van der Waals surface area (Å²) in [5.74, 6) is 1.24. The van der Waals surface area contributed by atoms with Crippen molar-refractivity contribution in [1.29, 1.82) is 0 Å². The standard InChI is InChI=1S/C21H26BrN3O3/c1-28-19-5-2-17(3-6-19)13-24-10-8-16(9-11-24)12-23-20(26)15-25-14-18(22)4-7-21(25)27/h2-7,14,16H,8-13,15H2,1H3,(H,23,26). The average Bonchev–Trinajstić information content (AvgIpc) is 2.71. The Kier molecular flexibility index (Phi) is 7.28. The molecule has 0 aliphatic carbocycles. The summed E-state index contributed by atoms with van der Waals surface area (Å²) in [6.07, 6.45) is 3.76. The fraction of sp³-hybridized carbons (Fsp3) is 0.429. The van der Waals surface area contributed by atoms with Crippen LogP contribution in [0, 0.1) is 5.92 Å². The minimum absolute atomic E-state index is 0.0502. The average molecular weight is 448 g/mol. The largest absolute Gasteiger partial charge is 0.497 e. The van der Waals surface area contributed by atoms with E-state index in [1.165, 1.54) is 16.2 Å². The Hall–Kier alpha value is -2.12. The van der Waals surface area contributed by atoms with Gasteiger partial charge in [0.05, 0.1) is 7.11 Å². The van der Waals surface area contributed by atoms with Crippen molar-refractivity contribution in [3.8, 4) is 5.75 Å². The zero-order chi connectivity index (χ0) is 19.9. The van der Waals surface area contributed by atoms with Crippen LogP contribution in [0.4, 0.5) is 0 Å². The number of likely N-dealkylation sites (tertiary alicyclic amines) is 1. The van der Waals surface area contributed by atoms with Crippen LogP contribution in [0.2, 0.25) is 0 Å². The van der Waals surface area contributed by atoms with Gasteiger partial charge in [-0.3, -0.25) is 14.5 Å². The summed E-state index contributed by atoms with van der Waals surface area (Å²) in [6, 6.07) is 11.3. The Morgan fingerprint density at radius 3 is 2.57 bits per heavy atom. The summed E-state index contributed by atoms with van der Waals surface area (Å²) in [4.78, 5) is 26.4. The lowest BCUT2D eigenvalue weighted by Crippen LogP contribution is -2.39. The molecule has 1 aliphatic heterocycles. The number of halogens is 1. The molecular formula is C21H26BrN3O3. The van der Waals surface area contributed by atoms with Gasteiger partial charge in [-0.25, -0.2) is 0 Å². The van der Waals surface area contributed by atoms with Crippen molar-refractivity contribution < 1.29 is 9.53 Å². The summed E-state index contributed by atoms with van der Waals surface area (Å²) in [7, 11) is 1.68. The van der Waals surface area contributed by atoms with Crippen LogP contribution < -0.4 is 15.6 Å².